The first-order valence-corrected chi connectivity index (χ1v) is 5.55. The summed E-state index contributed by atoms with van der Waals surface area (Å²) in [5.41, 5.74) is 2.26. The summed E-state index contributed by atoms with van der Waals surface area (Å²) in [5, 5.41) is 11.3. The van der Waals surface area contributed by atoms with Gasteiger partial charge >= 0.3 is 0 Å². The molecule has 0 aliphatic rings. The van der Waals surface area contributed by atoms with Crippen molar-refractivity contribution in [2.75, 3.05) is 0 Å². The zero-order valence-corrected chi connectivity index (χ0v) is 9.57. The second kappa shape index (κ2) is 3.79. The number of para-hydroxylation sites is 1. The number of aromatic amines is 1. The Balaban J connectivity index is 2.26. The molecule has 0 aliphatic carbocycles. The van der Waals surface area contributed by atoms with Crippen LogP contribution in [0.4, 0.5) is 0 Å². The van der Waals surface area contributed by atoms with Crippen molar-refractivity contribution in [3.8, 4) is 17.0 Å². The van der Waals surface area contributed by atoms with Crippen molar-refractivity contribution in [2.24, 2.45) is 0 Å². The first-order chi connectivity index (χ1) is 8.25. The van der Waals surface area contributed by atoms with Gasteiger partial charge in [0, 0.05) is 17.1 Å². The van der Waals surface area contributed by atoms with Crippen molar-refractivity contribution in [3.63, 3.8) is 0 Å². The third-order valence-corrected chi connectivity index (χ3v) is 3.00. The van der Waals surface area contributed by atoms with Crippen LogP contribution in [0.3, 0.4) is 0 Å². The first-order valence-electron chi connectivity index (χ1n) is 5.17. The number of fused-ring (bicyclic) bond motifs is 1. The number of halogens is 1. The van der Waals surface area contributed by atoms with Crippen LogP contribution in [0.5, 0.6) is 5.75 Å². The molecule has 0 bridgehead atoms. The summed E-state index contributed by atoms with van der Waals surface area (Å²) in [6.07, 6.45) is 1.65. The summed E-state index contributed by atoms with van der Waals surface area (Å²) < 4.78 is 0. The van der Waals surface area contributed by atoms with E-state index in [9.17, 15) is 5.11 Å². The van der Waals surface area contributed by atoms with Gasteiger partial charge in [-0.15, -0.1) is 0 Å². The minimum atomic E-state index is 0.232. The fourth-order valence-electron chi connectivity index (χ4n) is 1.84. The molecular formula is C13H9ClN2O. The predicted molar refractivity (Wildman–Crippen MR) is 68.2 cm³/mol. The van der Waals surface area contributed by atoms with Gasteiger partial charge < -0.3 is 10.1 Å². The number of aromatic nitrogens is 2. The van der Waals surface area contributed by atoms with Crippen LogP contribution in [0.15, 0.2) is 42.6 Å². The molecule has 0 radical (unpaired) electrons. The molecule has 0 atom stereocenters. The van der Waals surface area contributed by atoms with E-state index in [1.807, 2.05) is 18.2 Å². The minimum Gasteiger partial charge on any atom is -0.507 e. The molecule has 3 rings (SSSR count). The summed E-state index contributed by atoms with van der Waals surface area (Å²) in [4.78, 5) is 7.33. The zero-order valence-electron chi connectivity index (χ0n) is 8.81. The largest absolute Gasteiger partial charge is 0.507 e. The number of phenolic OH excluding ortho intramolecular Hbond substituents is 1. The van der Waals surface area contributed by atoms with Gasteiger partial charge in [0.2, 0.25) is 0 Å². The Bertz CT molecular complexity index is 691. The van der Waals surface area contributed by atoms with E-state index in [1.165, 1.54) is 0 Å². The molecule has 3 nitrogen and oxygen atoms in total. The van der Waals surface area contributed by atoms with E-state index in [-0.39, 0.29) is 5.75 Å². The summed E-state index contributed by atoms with van der Waals surface area (Å²) in [6, 6.07) is 10.8. The first kappa shape index (κ1) is 10.2. The van der Waals surface area contributed by atoms with E-state index < -0.39 is 0 Å². The van der Waals surface area contributed by atoms with Gasteiger partial charge in [0.1, 0.15) is 11.4 Å². The van der Waals surface area contributed by atoms with Crippen molar-refractivity contribution >= 4 is 22.6 Å². The highest BCUT2D eigenvalue weighted by Crippen LogP contribution is 2.32. The van der Waals surface area contributed by atoms with E-state index in [2.05, 4.69) is 9.97 Å². The summed E-state index contributed by atoms with van der Waals surface area (Å²) in [5.74, 6) is 0.232. The molecule has 0 spiro atoms. The molecule has 1 aromatic carbocycles. The van der Waals surface area contributed by atoms with Gasteiger partial charge in [0.15, 0.2) is 0 Å². The Hall–Kier alpha value is -2.00. The number of hydrogen-bond acceptors (Lipinski definition) is 2. The van der Waals surface area contributed by atoms with Crippen LogP contribution in [-0.2, 0) is 0 Å². The maximum atomic E-state index is 9.79. The second-order valence-electron chi connectivity index (χ2n) is 3.76. The maximum Gasteiger partial charge on any atom is 0.139 e. The van der Waals surface area contributed by atoms with Gasteiger partial charge in [-0.25, -0.2) is 4.98 Å². The molecule has 0 unspecified atom stereocenters. The average molecular weight is 245 g/mol. The van der Waals surface area contributed by atoms with Crippen molar-refractivity contribution in [1.29, 1.82) is 0 Å². The zero-order chi connectivity index (χ0) is 11.8. The topological polar surface area (TPSA) is 48.9 Å². The molecule has 3 aromatic rings. The normalized spacial score (nSPS) is 10.9. The van der Waals surface area contributed by atoms with Gasteiger partial charge in [0.25, 0.3) is 0 Å². The summed E-state index contributed by atoms with van der Waals surface area (Å²) in [6.45, 7) is 0. The van der Waals surface area contributed by atoms with E-state index >= 15 is 0 Å². The molecule has 2 N–H and O–H groups in total. The molecule has 0 saturated heterocycles. The van der Waals surface area contributed by atoms with Gasteiger partial charge in [-0.2, -0.15) is 0 Å². The molecule has 17 heavy (non-hydrogen) atoms. The van der Waals surface area contributed by atoms with Crippen molar-refractivity contribution < 1.29 is 5.11 Å². The number of phenols is 1. The molecule has 0 fully saturated rings. The van der Waals surface area contributed by atoms with Crippen molar-refractivity contribution in [3.05, 3.63) is 47.6 Å². The van der Waals surface area contributed by atoms with Gasteiger partial charge in [-0.05, 0) is 24.3 Å². The highest BCUT2D eigenvalue weighted by Gasteiger charge is 2.09. The Morgan fingerprint density at radius 3 is 2.76 bits per heavy atom. The van der Waals surface area contributed by atoms with Crippen LogP contribution in [0, 0.1) is 0 Å². The fourth-order valence-corrected chi connectivity index (χ4v) is 2.04. The number of rotatable bonds is 1. The highest BCUT2D eigenvalue weighted by atomic mass is 35.5. The molecule has 4 heteroatoms. The smallest absolute Gasteiger partial charge is 0.139 e. The van der Waals surface area contributed by atoms with Crippen LogP contribution in [0.2, 0.25) is 5.02 Å². The molecule has 84 valence electrons. The molecular weight excluding hydrogens is 236 g/mol. The molecule has 0 aliphatic heterocycles. The van der Waals surface area contributed by atoms with Crippen molar-refractivity contribution in [1.82, 2.24) is 9.97 Å². The number of nitrogens with zero attached hydrogens (tertiary/aromatic N) is 1. The van der Waals surface area contributed by atoms with Gasteiger partial charge in [-0.1, -0.05) is 23.7 Å². The molecule has 0 amide bonds. The molecule has 0 saturated carbocycles. The van der Waals surface area contributed by atoms with E-state index in [4.69, 9.17) is 11.6 Å². The average Bonchev–Trinajstić information content (AvgIpc) is 2.75. The Morgan fingerprint density at radius 1 is 1.18 bits per heavy atom. The van der Waals surface area contributed by atoms with Crippen LogP contribution in [0.25, 0.3) is 22.3 Å². The SMILES string of the molecule is Oc1ccccc1-c1cc2c(Cl)ccnc2[nH]1. The van der Waals surface area contributed by atoms with E-state index in [0.29, 0.717) is 5.02 Å². The highest BCUT2D eigenvalue weighted by molar-refractivity contribution is 6.35. The lowest BCUT2D eigenvalue weighted by molar-refractivity contribution is 0.477. The summed E-state index contributed by atoms with van der Waals surface area (Å²) in [7, 11) is 0. The van der Waals surface area contributed by atoms with Crippen LogP contribution in [-0.4, -0.2) is 15.1 Å². The van der Waals surface area contributed by atoms with Crippen LogP contribution in [0.1, 0.15) is 0 Å². The third-order valence-electron chi connectivity index (χ3n) is 2.67. The Morgan fingerprint density at radius 2 is 2.00 bits per heavy atom. The number of hydrogen-bond donors (Lipinski definition) is 2. The number of pyridine rings is 1. The maximum absolute atomic E-state index is 9.79. The minimum absolute atomic E-state index is 0.232. The Labute approximate surface area is 103 Å². The monoisotopic (exact) mass is 244 g/mol. The number of benzene rings is 1. The molecule has 2 aromatic heterocycles. The lowest BCUT2D eigenvalue weighted by atomic mass is 10.1. The third kappa shape index (κ3) is 1.65. The van der Waals surface area contributed by atoms with E-state index in [0.717, 1.165) is 22.3 Å². The lowest BCUT2D eigenvalue weighted by Crippen LogP contribution is -1.78. The summed E-state index contributed by atoms with van der Waals surface area (Å²) >= 11 is 6.08. The molecule has 2 heterocycles. The predicted octanol–water partition coefficient (Wildman–Crippen LogP) is 3.59. The van der Waals surface area contributed by atoms with Crippen LogP contribution < -0.4 is 0 Å². The number of aromatic hydroxyl groups is 1. The Kier molecular flexibility index (Phi) is 2.27. The number of nitrogens with one attached hydrogen (secondary N) is 1. The van der Waals surface area contributed by atoms with Gasteiger partial charge in [0.05, 0.1) is 10.7 Å². The van der Waals surface area contributed by atoms with Crippen molar-refractivity contribution in [2.45, 2.75) is 0 Å². The quantitative estimate of drug-likeness (QED) is 0.687. The fraction of sp³-hybridized carbons (Fsp3) is 0. The van der Waals surface area contributed by atoms with E-state index in [1.54, 1.807) is 24.4 Å². The lowest BCUT2D eigenvalue weighted by Gasteiger charge is -1.99. The van der Waals surface area contributed by atoms with Crippen LogP contribution >= 0.6 is 11.6 Å². The second-order valence-corrected chi connectivity index (χ2v) is 4.16. The number of H-pyrrole nitrogens is 1. The van der Waals surface area contributed by atoms with Gasteiger partial charge in [-0.3, -0.25) is 0 Å². The standard InChI is InChI=1S/C13H9ClN2O/c14-10-5-6-15-13-9(10)7-11(16-13)8-3-1-2-4-12(8)17/h1-7,17H,(H,15,16).